The molecule has 0 aliphatic carbocycles. The number of carbonyl (C=O) groups excluding carboxylic acids is 2. The van der Waals surface area contributed by atoms with Crippen molar-refractivity contribution in [3.8, 4) is 6.07 Å². The number of nitrogens with zero attached hydrogens (tertiary/aromatic N) is 2. The van der Waals surface area contributed by atoms with Crippen LogP contribution < -0.4 is 5.32 Å². The highest BCUT2D eigenvalue weighted by Crippen LogP contribution is 2.14. The van der Waals surface area contributed by atoms with Crippen molar-refractivity contribution in [3.05, 3.63) is 35.1 Å². The van der Waals surface area contributed by atoms with E-state index in [1.54, 1.807) is 17.9 Å². The van der Waals surface area contributed by atoms with Crippen molar-refractivity contribution in [1.82, 2.24) is 10.2 Å². The number of nitriles is 1. The van der Waals surface area contributed by atoms with Gasteiger partial charge in [0.15, 0.2) is 0 Å². The van der Waals surface area contributed by atoms with Crippen LogP contribution in [-0.2, 0) is 16.1 Å². The zero-order valence-electron chi connectivity index (χ0n) is 10.3. The van der Waals surface area contributed by atoms with Crippen LogP contribution in [-0.4, -0.2) is 29.3 Å². The average molecular weight is 261 g/mol. The first-order chi connectivity index (χ1) is 8.99. The molecular weight excluding hydrogens is 249 g/mol. The number of piperazine rings is 1. The summed E-state index contributed by atoms with van der Waals surface area (Å²) in [5, 5.41) is 11.0. The molecule has 1 heterocycles. The van der Waals surface area contributed by atoms with Gasteiger partial charge in [0.1, 0.15) is 5.82 Å². The summed E-state index contributed by atoms with van der Waals surface area (Å²) in [4.78, 5) is 24.4. The van der Waals surface area contributed by atoms with E-state index in [0.29, 0.717) is 5.56 Å². The van der Waals surface area contributed by atoms with Crippen molar-refractivity contribution in [3.63, 3.8) is 0 Å². The van der Waals surface area contributed by atoms with E-state index in [1.807, 2.05) is 6.07 Å². The van der Waals surface area contributed by atoms with Crippen LogP contribution in [0, 0.1) is 17.1 Å². The summed E-state index contributed by atoms with van der Waals surface area (Å²) in [5.41, 5.74) is 0.779. The van der Waals surface area contributed by atoms with Crippen LogP contribution >= 0.6 is 0 Å². The molecule has 1 aliphatic rings. The second-order valence-electron chi connectivity index (χ2n) is 4.45. The molecule has 0 radical (unpaired) electrons. The monoisotopic (exact) mass is 261 g/mol. The molecule has 1 aromatic carbocycles. The molecule has 1 fully saturated rings. The molecule has 5 nitrogen and oxygen atoms in total. The smallest absolute Gasteiger partial charge is 0.243 e. The molecule has 1 saturated heterocycles. The molecule has 0 bridgehead atoms. The number of rotatable bonds is 2. The van der Waals surface area contributed by atoms with E-state index in [9.17, 15) is 14.0 Å². The Balaban J connectivity index is 2.20. The quantitative estimate of drug-likeness (QED) is 0.789. The minimum absolute atomic E-state index is 0.0747. The highest BCUT2D eigenvalue weighted by atomic mass is 19.1. The van der Waals surface area contributed by atoms with Gasteiger partial charge in [0.2, 0.25) is 11.8 Å². The molecule has 2 rings (SSSR count). The van der Waals surface area contributed by atoms with Crippen LogP contribution in [0.5, 0.6) is 0 Å². The molecule has 1 aromatic rings. The van der Waals surface area contributed by atoms with Crippen molar-refractivity contribution in [1.29, 1.82) is 5.26 Å². The first-order valence-corrected chi connectivity index (χ1v) is 5.77. The third-order valence-electron chi connectivity index (χ3n) is 3.01. The standard InChI is InChI=1S/C13H12FN3O2/c1-8-13(19)16-12(18)7-17(8)6-10-2-9(5-15)3-11(14)4-10/h2-4,8H,6-7H2,1H3,(H,16,18,19). The van der Waals surface area contributed by atoms with Gasteiger partial charge >= 0.3 is 0 Å². The zero-order chi connectivity index (χ0) is 14.0. The number of benzene rings is 1. The molecule has 1 aliphatic heterocycles. The first kappa shape index (κ1) is 13.2. The minimum Gasteiger partial charge on any atom is -0.294 e. The number of halogens is 1. The van der Waals surface area contributed by atoms with Crippen molar-refractivity contribution >= 4 is 11.8 Å². The average Bonchev–Trinajstić information content (AvgIpc) is 2.34. The van der Waals surface area contributed by atoms with Gasteiger partial charge in [-0.05, 0) is 30.7 Å². The number of hydrogen-bond donors (Lipinski definition) is 1. The normalized spacial score (nSPS) is 19.9. The topological polar surface area (TPSA) is 73.2 Å². The highest BCUT2D eigenvalue weighted by Gasteiger charge is 2.30. The fourth-order valence-electron chi connectivity index (χ4n) is 2.00. The summed E-state index contributed by atoms with van der Waals surface area (Å²) in [6.45, 7) is 1.99. The molecule has 6 heteroatoms. The maximum absolute atomic E-state index is 13.3. The fraction of sp³-hybridized carbons (Fsp3) is 0.308. The van der Waals surface area contributed by atoms with Crippen LogP contribution in [0.2, 0.25) is 0 Å². The summed E-state index contributed by atoms with van der Waals surface area (Å²) in [5.74, 6) is -1.25. The third kappa shape index (κ3) is 2.95. The Morgan fingerprint density at radius 3 is 2.89 bits per heavy atom. The predicted octanol–water partition coefficient (Wildman–Crippen LogP) is 0.544. The van der Waals surface area contributed by atoms with Crippen molar-refractivity contribution < 1.29 is 14.0 Å². The SMILES string of the molecule is CC1C(=O)NC(=O)CN1Cc1cc(F)cc(C#N)c1. The number of nitrogens with one attached hydrogen (secondary N) is 1. The minimum atomic E-state index is -0.505. The van der Waals surface area contributed by atoms with Gasteiger partial charge < -0.3 is 0 Å². The number of amides is 2. The maximum Gasteiger partial charge on any atom is 0.243 e. The lowest BCUT2D eigenvalue weighted by atomic mass is 10.1. The van der Waals surface area contributed by atoms with E-state index in [4.69, 9.17) is 5.26 Å². The van der Waals surface area contributed by atoms with Gasteiger partial charge in [0, 0.05) is 6.54 Å². The molecule has 98 valence electrons. The second kappa shape index (κ2) is 5.16. The van der Waals surface area contributed by atoms with E-state index in [1.165, 1.54) is 6.07 Å². The van der Waals surface area contributed by atoms with Crippen LogP contribution in [0.4, 0.5) is 4.39 Å². The van der Waals surface area contributed by atoms with Crippen LogP contribution in [0.3, 0.4) is 0 Å². The van der Waals surface area contributed by atoms with Gasteiger partial charge in [-0.3, -0.25) is 19.8 Å². The van der Waals surface area contributed by atoms with E-state index < -0.39 is 11.9 Å². The zero-order valence-corrected chi connectivity index (χ0v) is 10.3. The number of carbonyl (C=O) groups is 2. The fourth-order valence-corrected chi connectivity index (χ4v) is 2.00. The van der Waals surface area contributed by atoms with E-state index >= 15 is 0 Å². The van der Waals surface area contributed by atoms with E-state index in [2.05, 4.69) is 5.32 Å². The molecule has 0 aromatic heterocycles. The summed E-state index contributed by atoms with van der Waals surface area (Å²) in [6, 6.07) is 5.39. The van der Waals surface area contributed by atoms with Gasteiger partial charge in [-0.25, -0.2) is 4.39 Å². The summed E-state index contributed by atoms with van der Waals surface area (Å²) < 4.78 is 13.3. The van der Waals surface area contributed by atoms with Crippen LogP contribution in [0.25, 0.3) is 0 Å². The lowest BCUT2D eigenvalue weighted by molar-refractivity contribution is -0.139. The second-order valence-corrected chi connectivity index (χ2v) is 4.45. The van der Waals surface area contributed by atoms with E-state index in [-0.39, 0.29) is 30.5 Å². The molecule has 0 spiro atoms. The molecular formula is C13H12FN3O2. The Bertz CT molecular complexity index is 580. The van der Waals surface area contributed by atoms with Gasteiger partial charge in [0.25, 0.3) is 0 Å². The highest BCUT2D eigenvalue weighted by molar-refractivity contribution is 6.00. The Morgan fingerprint density at radius 1 is 1.47 bits per heavy atom. The van der Waals surface area contributed by atoms with Gasteiger partial charge in [-0.15, -0.1) is 0 Å². The van der Waals surface area contributed by atoms with Gasteiger partial charge in [0.05, 0.1) is 24.2 Å². The molecule has 0 saturated carbocycles. The Kier molecular flexibility index (Phi) is 3.58. The van der Waals surface area contributed by atoms with Crippen molar-refractivity contribution in [2.75, 3.05) is 6.54 Å². The molecule has 19 heavy (non-hydrogen) atoms. The summed E-state index contributed by atoms with van der Waals surface area (Å²) >= 11 is 0. The molecule has 1 unspecified atom stereocenters. The van der Waals surface area contributed by atoms with Crippen molar-refractivity contribution in [2.24, 2.45) is 0 Å². The third-order valence-corrected chi connectivity index (χ3v) is 3.01. The Hall–Kier alpha value is -2.26. The number of imide groups is 1. The molecule has 1 atom stereocenters. The maximum atomic E-state index is 13.3. The Labute approximate surface area is 109 Å². The lowest BCUT2D eigenvalue weighted by Crippen LogP contribution is -2.56. The predicted molar refractivity (Wildman–Crippen MR) is 64.1 cm³/mol. The van der Waals surface area contributed by atoms with Crippen LogP contribution in [0.15, 0.2) is 18.2 Å². The number of hydrogen-bond acceptors (Lipinski definition) is 4. The molecule has 2 amide bonds. The van der Waals surface area contributed by atoms with Crippen LogP contribution in [0.1, 0.15) is 18.1 Å². The summed E-state index contributed by atoms with van der Waals surface area (Å²) in [7, 11) is 0. The van der Waals surface area contributed by atoms with Crippen molar-refractivity contribution in [2.45, 2.75) is 19.5 Å². The lowest BCUT2D eigenvalue weighted by Gasteiger charge is -2.31. The Morgan fingerprint density at radius 2 is 2.21 bits per heavy atom. The molecule has 1 N–H and O–H groups in total. The van der Waals surface area contributed by atoms with E-state index in [0.717, 1.165) is 6.07 Å². The largest absolute Gasteiger partial charge is 0.294 e. The summed E-state index contributed by atoms with van der Waals surface area (Å²) in [6.07, 6.45) is 0. The van der Waals surface area contributed by atoms with Gasteiger partial charge in [-0.2, -0.15) is 5.26 Å². The van der Waals surface area contributed by atoms with Gasteiger partial charge in [-0.1, -0.05) is 0 Å². The first-order valence-electron chi connectivity index (χ1n) is 5.77.